The maximum absolute atomic E-state index is 9.99. The lowest BCUT2D eigenvalue weighted by Crippen LogP contribution is -2.42. The monoisotopic (exact) mass is 279 g/mol. The first-order valence-corrected chi connectivity index (χ1v) is 6.33. The van der Waals surface area contributed by atoms with Crippen LogP contribution in [0, 0.1) is 0 Å². The van der Waals surface area contributed by atoms with Crippen molar-refractivity contribution in [3.63, 3.8) is 0 Å². The van der Waals surface area contributed by atoms with Crippen LogP contribution in [0.5, 0.6) is 0 Å². The number of hydrogen-bond donors (Lipinski definition) is 1. The Morgan fingerprint density at radius 3 is 2.63 bits per heavy atom. The molecule has 4 nitrogen and oxygen atoms in total. The van der Waals surface area contributed by atoms with Gasteiger partial charge in [-0.25, -0.2) is 0 Å². The summed E-state index contributed by atoms with van der Waals surface area (Å²) in [4.78, 5) is 2.22. The molecular formula is C14H18ClN3O. The molecule has 0 unspecified atom stereocenters. The van der Waals surface area contributed by atoms with Crippen LogP contribution in [0.25, 0.3) is 10.8 Å². The van der Waals surface area contributed by atoms with Crippen molar-refractivity contribution in [1.29, 1.82) is 0 Å². The number of anilines is 1. The molecule has 0 atom stereocenters. The fourth-order valence-corrected chi connectivity index (χ4v) is 2.45. The minimum atomic E-state index is -0.533. The average molecular weight is 280 g/mol. The number of rotatable bonds is 1. The molecule has 0 radical (unpaired) electrons. The molecule has 0 aliphatic carbocycles. The summed E-state index contributed by atoms with van der Waals surface area (Å²) < 4.78 is 0. The predicted octanol–water partition coefficient (Wildman–Crippen LogP) is 2.40. The van der Waals surface area contributed by atoms with Crippen molar-refractivity contribution < 1.29 is 5.11 Å². The van der Waals surface area contributed by atoms with Gasteiger partial charge in [-0.05, 0) is 19.8 Å². The van der Waals surface area contributed by atoms with E-state index >= 15 is 0 Å². The zero-order valence-corrected chi connectivity index (χ0v) is 11.7. The van der Waals surface area contributed by atoms with Crippen LogP contribution in [-0.2, 0) is 0 Å². The third-order valence-electron chi connectivity index (χ3n) is 3.69. The lowest BCUT2D eigenvalue weighted by atomic mass is 9.94. The second kappa shape index (κ2) is 5.31. The van der Waals surface area contributed by atoms with Gasteiger partial charge in [0.15, 0.2) is 5.82 Å². The Morgan fingerprint density at radius 2 is 1.89 bits per heavy atom. The first-order chi connectivity index (χ1) is 8.66. The molecule has 1 aliphatic heterocycles. The second-order valence-electron chi connectivity index (χ2n) is 5.24. The molecule has 5 heteroatoms. The molecule has 0 saturated carbocycles. The minimum absolute atomic E-state index is 0. The zero-order valence-electron chi connectivity index (χ0n) is 10.9. The molecule has 0 bridgehead atoms. The van der Waals surface area contributed by atoms with Crippen molar-refractivity contribution in [3.05, 3.63) is 30.5 Å². The molecule has 2 aromatic rings. The van der Waals surface area contributed by atoms with E-state index < -0.39 is 5.60 Å². The van der Waals surface area contributed by atoms with E-state index in [0.29, 0.717) is 0 Å². The summed E-state index contributed by atoms with van der Waals surface area (Å²) in [5.74, 6) is 0.934. The normalized spacial score (nSPS) is 18.1. The standard InChI is InChI=1S/C14H17N3O.ClH/c1-14(18)6-8-17(9-7-14)13-12-5-3-2-4-11(12)10-15-16-13;/h2-5,10,18H,6-9H2,1H3;1H. The maximum atomic E-state index is 9.99. The van der Waals surface area contributed by atoms with Crippen LogP contribution < -0.4 is 4.90 Å². The molecule has 2 heterocycles. The summed E-state index contributed by atoms with van der Waals surface area (Å²) in [5.41, 5.74) is -0.533. The van der Waals surface area contributed by atoms with Crippen molar-refractivity contribution in [1.82, 2.24) is 10.2 Å². The van der Waals surface area contributed by atoms with Crippen molar-refractivity contribution >= 4 is 29.0 Å². The number of hydrogen-bond acceptors (Lipinski definition) is 4. The van der Waals surface area contributed by atoms with Gasteiger partial charge in [-0.2, -0.15) is 5.10 Å². The van der Waals surface area contributed by atoms with Crippen molar-refractivity contribution in [3.8, 4) is 0 Å². The summed E-state index contributed by atoms with van der Waals surface area (Å²) in [6, 6.07) is 8.15. The summed E-state index contributed by atoms with van der Waals surface area (Å²) in [6.45, 7) is 3.56. The van der Waals surface area contributed by atoms with Gasteiger partial charge in [0.1, 0.15) is 0 Å². The molecule has 0 amide bonds. The van der Waals surface area contributed by atoms with Gasteiger partial charge < -0.3 is 10.0 Å². The molecule has 19 heavy (non-hydrogen) atoms. The van der Waals surface area contributed by atoms with Crippen molar-refractivity contribution in [2.45, 2.75) is 25.4 Å². The van der Waals surface area contributed by atoms with Gasteiger partial charge in [0, 0.05) is 23.9 Å². The minimum Gasteiger partial charge on any atom is -0.390 e. The average Bonchev–Trinajstić information content (AvgIpc) is 2.38. The first kappa shape index (κ1) is 14.0. The van der Waals surface area contributed by atoms with Gasteiger partial charge in [0.2, 0.25) is 0 Å². The summed E-state index contributed by atoms with van der Waals surface area (Å²) in [5, 5.41) is 20.6. The van der Waals surface area contributed by atoms with Gasteiger partial charge in [0.25, 0.3) is 0 Å². The highest BCUT2D eigenvalue weighted by molar-refractivity contribution is 5.91. The lowest BCUT2D eigenvalue weighted by molar-refractivity contribution is 0.0350. The largest absolute Gasteiger partial charge is 0.390 e. The second-order valence-corrected chi connectivity index (χ2v) is 5.24. The Bertz CT molecular complexity index is 558. The number of nitrogens with zero attached hydrogens (tertiary/aromatic N) is 3. The van der Waals surface area contributed by atoms with Gasteiger partial charge >= 0.3 is 0 Å². The van der Waals surface area contributed by atoms with Gasteiger partial charge in [-0.1, -0.05) is 24.3 Å². The molecule has 0 spiro atoms. The molecule has 1 aromatic carbocycles. The number of fused-ring (bicyclic) bond motifs is 1. The SMILES string of the molecule is CC1(O)CCN(c2nncc3ccccc23)CC1.Cl. The molecule has 1 saturated heterocycles. The van der Waals surface area contributed by atoms with Gasteiger partial charge in [-0.15, -0.1) is 17.5 Å². The van der Waals surface area contributed by atoms with Crippen LogP contribution in [0.3, 0.4) is 0 Å². The summed E-state index contributed by atoms with van der Waals surface area (Å²) >= 11 is 0. The van der Waals surface area contributed by atoms with Gasteiger partial charge in [0.05, 0.1) is 11.8 Å². The maximum Gasteiger partial charge on any atom is 0.159 e. The topological polar surface area (TPSA) is 49.2 Å². The van der Waals surface area contributed by atoms with E-state index in [1.807, 2.05) is 25.1 Å². The molecule has 1 fully saturated rings. The van der Waals surface area contributed by atoms with Gasteiger partial charge in [-0.3, -0.25) is 0 Å². The quantitative estimate of drug-likeness (QED) is 0.871. The number of benzene rings is 1. The highest BCUT2D eigenvalue weighted by atomic mass is 35.5. The Labute approximate surface area is 118 Å². The van der Waals surface area contributed by atoms with E-state index in [0.717, 1.165) is 42.5 Å². The highest BCUT2D eigenvalue weighted by Gasteiger charge is 2.28. The third-order valence-corrected chi connectivity index (χ3v) is 3.69. The van der Waals surface area contributed by atoms with E-state index in [4.69, 9.17) is 0 Å². The fourth-order valence-electron chi connectivity index (χ4n) is 2.45. The number of halogens is 1. The molecule has 1 aliphatic rings. The number of aromatic nitrogens is 2. The van der Waals surface area contributed by atoms with Crippen LogP contribution in [0.4, 0.5) is 5.82 Å². The van der Waals surface area contributed by atoms with Crippen LogP contribution in [-0.4, -0.2) is 34.0 Å². The molecule has 1 aromatic heterocycles. The van der Waals surface area contributed by atoms with Crippen molar-refractivity contribution in [2.75, 3.05) is 18.0 Å². The predicted molar refractivity (Wildman–Crippen MR) is 78.9 cm³/mol. The third kappa shape index (κ3) is 2.80. The Morgan fingerprint density at radius 1 is 1.21 bits per heavy atom. The number of piperidine rings is 1. The van der Waals surface area contributed by atoms with E-state index in [9.17, 15) is 5.11 Å². The van der Waals surface area contributed by atoms with Crippen molar-refractivity contribution in [2.24, 2.45) is 0 Å². The Kier molecular flexibility index (Phi) is 3.92. The molecule has 1 N–H and O–H groups in total. The molecular weight excluding hydrogens is 262 g/mol. The van der Waals surface area contributed by atoms with Crippen LogP contribution in [0.1, 0.15) is 19.8 Å². The van der Waals surface area contributed by atoms with E-state index in [1.54, 1.807) is 6.20 Å². The zero-order chi connectivity index (χ0) is 12.6. The lowest BCUT2D eigenvalue weighted by Gasteiger charge is -2.36. The Balaban J connectivity index is 0.00000133. The van der Waals surface area contributed by atoms with E-state index in [2.05, 4.69) is 21.2 Å². The Hall–Kier alpha value is -1.39. The van der Waals surface area contributed by atoms with Crippen LogP contribution >= 0.6 is 12.4 Å². The summed E-state index contributed by atoms with van der Waals surface area (Å²) in [7, 11) is 0. The smallest absolute Gasteiger partial charge is 0.159 e. The molecule has 3 rings (SSSR count). The first-order valence-electron chi connectivity index (χ1n) is 6.33. The van der Waals surface area contributed by atoms with E-state index in [1.165, 1.54) is 0 Å². The highest BCUT2D eigenvalue weighted by Crippen LogP contribution is 2.28. The summed E-state index contributed by atoms with van der Waals surface area (Å²) in [6.07, 6.45) is 3.34. The number of aliphatic hydroxyl groups is 1. The van der Waals surface area contributed by atoms with Crippen LogP contribution in [0.2, 0.25) is 0 Å². The fraction of sp³-hybridized carbons (Fsp3) is 0.429. The molecule has 102 valence electrons. The van der Waals surface area contributed by atoms with E-state index in [-0.39, 0.29) is 12.4 Å². The van der Waals surface area contributed by atoms with Crippen LogP contribution in [0.15, 0.2) is 30.5 Å².